The Balaban J connectivity index is 2.58. The van der Waals surface area contributed by atoms with Gasteiger partial charge in [-0.2, -0.15) is 0 Å². The molecule has 0 saturated carbocycles. The Bertz CT molecular complexity index is 284. The summed E-state index contributed by atoms with van der Waals surface area (Å²) >= 11 is 1.37. The van der Waals surface area contributed by atoms with Crippen molar-refractivity contribution < 1.29 is 4.79 Å². The lowest BCUT2D eigenvalue weighted by Gasteiger charge is -2.02. The van der Waals surface area contributed by atoms with Gasteiger partial charge in [0.1, 0.15) is 0 Å². The number of nitrogens with zero attached hydrogens (tertiary/aromatic N) is 1. The van der Waals surface area contributed by atoms with Crippen molar-refractivity contribution in [3.63, 3.8) is 0 Å². The molecule has 0 fully saturated rings. The number of amides is 1. The molecular weight excluding hydrogens is 174 g/mol. The summed E-state index contributed by atoms with van der Waals surface area (Å²) in [4.78, 5) is 14.7. The van der Waals surface area contributed by atoms with Gasteiger partial charge in [0.05, 0.1) is 5.69 Å². The van der Waals surface area contributed by atoms with Crippen LogP contribution < -0.4 is 11.5 Å². The molecule has 1 rings (SSSR count). The number of rotatable bonds is 3. The predicted octanol–water partition coefficient (Wildman–Crippen LogP) is 0.389. The standard InChI is InChI=1S/C7H11N3OS/c1-4(6(8)11)2-5-3-12-7(9)10-5/h3-4H,2H2,1H3,(H2,8,11)(H2,9,10)/t4-/m0/s1. The SMILES string of the molecule is C[C@@H](Cc1csc(N)n1)C(N)=O. The maximum absolute atomic E-state index is 10.7. The van der Waals surface area contributed by atoms with E-state index in [1.54, 1.807) is 6.92 Å². The molecule has 5 heteroatoms. The molecule has 1 aromatic rings. The molecule has 4 nitrogen and oxygen atoms in total. The van der Waals surface area contributed by atoms with Gasteiger partial charge < -0.3 is 11.5 Å². The maximum atomic E-state index is 10.7. The highest BCUT2D eigenvalue weighted by molar-refractivity contribution is 7.13. The molecule has 0 aliphatic carbocycles. The van der Waals surface area contributed by atoms with E-state index >= 15 is 0 Å². The Hall–Kier alpha value is -1.10. The van der Waals surface area contributed by atoms with E-state index in [-0.39, 0.29) is 11.8 Å². The first-order valence-electron chi connectivity index (χ1n) is 3.59. The summed E-state index contributed by atoms with van der Waals surface area (Å²) in [6, 6.07) is 0. The van der Waals surface area contributed by atoms with Gasteiger partial charge in [0.15, 0.2) is 5.13 Å². The maximum Gasteiger partial charge on any atom is 0.220 e. The van der Waals surface area contributed by atoms with Crippen LogP contribution in [0, 0.1) is 5.92 Å². The quantitative estimate of drug-likeness (QED) is 0.714. The molecule has 1 aromatic heterocycles. The molecule has 1 atom stereocenters. The predicted molar refractivity (Wildman–Crippen MR) is 48.6 cm³/mol. The van der Waals surface area contributed by atoms with E-state index in [2.05, 4.69) is 4.98 Å². The fourth-order valence-electron chi connectivity index (χ4n) is 0.831. The highest BCUT2D eigenvalue weighted by Gasteiger charge is 2.11. The molecule has 0 bridgehead atoms. The van der Waals surface area contributed by atoms with Gasteiger partial charge in [-0.25, -0.2) is 4.98 Å². The lowest BCUT2D eigenvalue weighted by molar-refractivity contribution is -0.121. The van der Waals surface area contributed by atoms with Crippen molar-refractivity contribution in [1.29, 1.82) is 0 Å². The van der Waals surface area contributed by atoms with Gasteiger partial charge in [-0.15, -0.1) is 11.3 Å². The number of aromatic nitrogens is 1. The Labute approximate surface area is 74.6 Å². The van der Waals surface area contributed by atoms with E-state index in [9.17, 15) is 4.79 Å². The fraction of sp³-hybridized carbons (Fsp3) is 0.429. The molecular formula is C7H11N3OS. The van der Waals surface area contributed by atoms with Crippen molar-refractivity contribution in [3.8, 4) is 0 Å². The van der Waals surface area contributed by atoms with E-state index in [4.69, 9.17) is 11.5 Å². The number of thiazole rings is 1. The summed E-state index contributed by atoms with van der Waals surface area (Å²) in [5.41, 5.74) is 11.4. The fourth-order valence-corrected chi connectivity index (χ4v) is 1.41. The molecule has 0 aromatic carbocycles. The summed E-state index contributed by atoms with van der Waals surface area (Å²) in [6.45, 7) is 1.78. The molecule has 0 unspecified atom stereocenters. The second-order valence-corrected chi connectivity index (χ2v) is 3.57. The van der Waals surface area contributed by atoms with Gasteiger partial charge in [0.25, 0.3) is 0 Å². The third-order valence-electron chi connectivity index (χ3n) is 1.57. The van der Waals surface area contributed by atoms with Gasteiger partial charge in [-0.05, 0) is 0 Å². The average molecular weight is 185 g/mol. The van der Waals surface area contributed by atoms with Crippen LogP contribution in [0.2, 0.25) is 0 Å². The van der Waals surface area contributed by atoms with Crippen LogP contribution in [0.25, 0.3) is 0 Å². The van der Waals surface area contributed by atoms with Crippen LogP contribution in [0.1, 0.15) is 12.6 Å². The average Bonchev–Trinajstić information content (AvgIpc) is 2.35. The Morgan fingerprint density at radius 2 is 2.50 bits per heavy atom. The molecule has 0 spiro atoms. The van der Waals surface area contributed by atoms with Crippen molar-refractivity contribution >= 4 is 22.4 Å². The van der Waals surface area contributed by atoms with Crippen LogP contribution in [0.5, 0.6) is 0 Å². The number of nitrogen functional groups attached to an aromatic ring is 1. The van der Waals surface area contributed by atoms with Gasteiger partial charge in [-0.1, -0.05) is 6.92 Å². The first-order chi connectivity index (χ1) is 5.59. The monoisotopic (exact) mass is 185 g/mol. The summed E-state index contributed by atoms with van der Waals surface area (Å²) < 4.78 is 0. The molecule has 1 amide bonds. The molecule has 4 N–H and O–H groups in total. The van der Waals surface area contributed by atoms with E-state index in [1.165, 1.54) is 11.3 Å². The topological polar surface area (TPSA) is 82.0 Å². The van der Waals surface area contributed by atoms with Crippen molar-refractivity contribution in [2.75, 3.05) is 5.73 Å². The summed E-state index contributed by atoms with van der Waals surface area (Å²) in [5.74, 6) is -0.479. The van der Waals surface area contributed by atoms with Gasteiger partial charge in [0, 0.05) is 17.7 Å². The number of hydrogen-bond donors (Lipinski definition) is 2. The van der Waals surface area contributed by atoms with E-state index in [0.717, 1.165) is 5.69 Å². The summed E-state index contributed by atoms with van der Waals surface area (Å²) in [5, 5.41) is 2.37. The van der Waals surface area contributed by atoms with E-state index in [0.29, 0.717) is 11.6 Å². The largest absolute Gasteiger partial charge is 0.375 e. The zero-order valence-electron chi connectivity index (χ0n) is 6.78. The number of primary amides is 1. The minimum Gasteiger partial charge on any atom is -0.375 e. The summed E-state index contributed by atoms with van der Waals surface area (Å²) in [6.07, 6.45) is 0.572. The normalized spacial score (nSPS) is 12.8. The molecule has 0 saturated heterocycles. The van der Waals surface area contributed by atoms with Gasteiger partial charge >= 0.3 is 0 Å². The van der Waals surface area contributed by atoms with E-state index in [1.807, 2.05) is 5.38 Å². The number of nitrogens with two attached hydrogens (primary N) is 2. The first-order valence-corrected chi connectivity index (χ1v) is 4.46. The third kappa shape index (κ3) is 2.20. The van der Waals surface area contributed by atoms with Gasteiger partial charge in [0.2, 0.25) is 5.91 Å². The zero-order valence-corrected chi connectivity index (χ0v) is 7.60. The molecule has 66 valence electrons. The lowest BCUT2D eigenvalue weighted by atomic mass is 10.1. The summed E-state index contributed by atoms with van der Waals surface area (Å²) in [7, 11) is 0. The number of hydrogen-bond acceptors (Lipinski definition) is 4. The minimum absolute atomic E-state index is 0.175. The van der Waals surface area contributed by atoms with Crippen molar-refractivity contribution in [2.24, 2.45) is 11.7 Å². The smallest absolute Gasteiger partial charge is 0.220 e. The van der Waals surface area contributed by atoms with Gasteiger partial charge in [-0.3, -0.25) is 4.79 Å². The highest BCUT2D eigenvalue weighted by Crippen LogP contribution is 2.14. The molecule has 0 aliphatic rings. The lowest BCUT2D eigenvalue weighted by Crippen LogP contribution is -2.22. The zero-order chi connectivity index (χ0) is 9.14. The van der Waals surface area contributed by atoms with Crippen LogP contribution in [-0.2, 0) is 11.2 Å². The Kier molecular flexibility index (Phi) is 2.65. The van der Waals surface area contributed by atoms with Crippen molar-refractivity contribution in [1.82, 2.24) is 4.98 Å². The van der Waals surface area contributed by atoms with Crippen LogP contribution >= 0.6 is 11.3 Å². The molecule has 0 aliphatic heterocycles. The molecule has 0 radical (unpaired) electrons. The third-order valence-corrected chi connectivity index (χ3v) is 2.29. The second kappa shape index (κ2) is 3.53. The van der Waals surface area contributed by atoms with Crippen molar-refractivity contribution in [3.05, 3.63) is 11.1 Å². The Morgan fingerprint density at radius 1 is 1.83 bits per heavy atom. The van der Waals surface area contributed by atoms with Crippen LogP contribution in [0.3, 0.4) is 0 Å². The highest BCUT2D eigenvalue weighted by atomic mass is 32.1. The first kappa shape index (κ1) is 8.99. The number of anilines is 1. The minimum atomic E-state index is -0.304. The Morgan fingerprint density at radius 3 is 2.92 bits per heavy atom. The molecule has 12 heavy (non-hydrogen) atoms. The van der Waals surface area contributed by atoms with Crippen LogP contribution in [-0.4, -0.2) is 10.9 Å². The number of carbonyl (C=O) groups is 1. The molecule has 1 heterocycles. The van der Waals surface area contributed by atoms with E-state index < -0.39 is 0 Å². The van der Waals surface area contributed by atoms with Crippen molar-refractivity contribution in [2.45, 2.75) is 13.3 Å². The van der Waals surface area contributed by atoms with Crippen LogP contribution in [0.4, 0.5) is 5.13 Å². The van der Waals surface area contributed by atoms with Crippen LogP contribution in [0.15, 0.2) is 5.38 Å². The number of carbonyl (C=O) groups excluding carboxylic acids is 1. The second-order valence-electron chi connectivity index (χ2n) is 2.68.